The number of carbonyl (C=O) groups excluding carboxylic acids is 1. The van der Waals surface area contributed by atoms with Gasteiger partial charge in [-0.1, -0.05) is 42.5 Å². The Bertz CT molecular complexity index is 646. The average Bonchev–Trinajstić information content (AvgIpc) is 2.61. The van der Waals surface area contributed by atoms with Crippen molar-refractivity contribution in [2.75, 3.05) is 19.8 Å². The molecule has 2 amide bonds. The molecule has 1 aliphatic rings. The first kappa shape index (κ1) is 15.5. The lowest BCUT2D eigenvalue weighted by atomic mass is 10.1. The molecule has 23 heavy (non-hydrogen) atoms. The highest BCUT2D eigenvalue weighted by atomic mass is 19.1. The number of urea groups is 1. The maximum absolute atomic E-state index is 13.1. The molecule has 1 fully saturated rings. The number of ether oxygens (including phenoxy) is 1. The van der Waals surface area contributed by atoms with E-state index >= 15 is 0 Å². The van der Waals surface area contributed by atoms with Gasteiger partial charge in [-0.3, -0.25) is 0 Å². The van der Waals surface area contributed by atoms with Crippen LogP contribution in [0.3, 0.4) is 0 Å². The zero-order chi connectivity index (χ0) is 16.1. The molecule has 0 bridgehead atoms. The molecule has 0 aliphatic carbocycles. The second kappa shape index (κ2) is 7.24. The zero-order valence-electron chi connectivity index (χ0n) is 12.7. The molecular weight excluding hydrogens is 295 g/mol. The van der Waals surface area contributed by atoms with Crippen LogP contribution in [0.25, 0.3) is 0 Å². The van der Waals surface area contributed by atoms with Gasteiger partial charge in [-0.25, -0.2) is 9.18 Å². The van der Waals surface area contributed by atoms with Crippen molar-refractivity contribution < 1.29 is 13.9 Å². The Balaban J connectivity index is 1.68. The van der Waals surface area contributed by atoms with Gasteiger partial charge in [-0.2, -0.15) is 0 Å². The Morgan fingerprint density at radius 1 is 1.17 bits per heavy atom. The Morgan fingerprint density at radius 2 is 1.91 bits per heavy atom. The summed E-state index contributed by atoms with van der Waals surface area (Å²) in [6.45, 7) is 1.93. The van der Waals surface area contributed by atoms with Crippen LogP contribution in [0.1, 0.15) is 17.2 Å². The SMILES string of the molecule is O=C(NCc1ccccc1)N1CCOCC1c1ccc(F)cc1. The van der Waals surface area contributed by atoms with E-state index in [-0.39, 0.29) is 17.9 Å². The summed E-state index contributed by atoms with van der Waals surface area (Å²) >= 11 is 0. The first-order chi connectivity index (χ1) is 11.2. The van der Waals surface area contributed by atoms with Crippen molar-refractivity contribution in [3.05, 3.63) is 71.5 Å². The quantitative estimate of drug-likeness (QED) is 0.946. The standard InChI is InChI=1S/C18H19FN2O2/c19-16-8-6-15(7-9-16)17-13-23-11-10-21(17)18(22)20-12-14-4-2-1-3-5-14/h1-9,17H,10-13H2,(H,20,22). The van der Waals surface area contributed by atoms with Gasteiger partial charge in [0, 0.05) is 13.1 Å². The molecule has 0 aromatic heterocycles. The van der Waals surface area contributed by atoms with Crippen LogP contribution in [0.2, 0.25) is 0 Å². The monoisotopic (exact) mass is 314 g/mol. The third kappa shape index (κ3) is 3.87. The molecule has 1 heterocycles. The van der Waals surface area contributed by atoms with Crippen molar-refractivity contribution in [2.24, 2.45) is 0 Å². The minimum atomic E-state index is -0.287. The summed E-state index contributed by atoms with van der Waals surface area (Å²) in [6, 6.07) is 15.7. The fourth-order valence-corrected chi connectivity index (χ4v) is 2.68. The predicted molar refractivity (Wildman–Crippen MR) is 85.3 cm³/mol. The highest BCUT2D eigenvalue weighted by Crippen LogP contribution is 2.24. The fourth-order valence-electron chi connectivity index (χ4n) is 2.68. The normalized spacial score (nSPS) is 17.8. The van der Waals surface area contributed by atoms with Gasteiger partial charge in [0.2, 0.25) is 0 Å². The summed E-state index contributed by atoms with van der Waals surface area (Å²) in [6.07, 6.45) is 0. The van der Waals surface area contributed by atoms with Crippen molar-refractivity contribution >= 4 is 6.03 Å². The molecule has 0 radical (unpaired) electrons. The molecule has 5 heteroatoms. The third-order valence-corrected chi connectivity index (χ3v) is 3.93. The lowest BCUT2D eigenvalue weighted by molar-refractivity contribution is 0.0115. The van der Waals surface area contributed by atoms with Gasteiger partial charge in [0.25, 0.3) is 0 Å². The van der Waals surface area contributed by atoms with Gasteiger partial charge in [-0.15, -0.1) is 0 Å². The first-order valence-corrected chi connectivity index (χ1v) is 7.65. The smallest absolute Gasteiger partial charge is 0.318 e. The number of rotatable bonds is 3. The molecule has 1 aliphatic heterocycles. The van der Waals surface area contributed by atoms with Crippen LogP contribution in [0.5, 0.6) is 0 Å². The van der Waals surface area contributed by atoms with Crippen LogP contribution in [0, 0.1) is 5.82 Å². The van der Waals surface area contributed by atoms with Crippen LogP contribution >= 0.6 is 0 Å². The van der Waals surface area contributed by atoms with Crippen LogP contribution in [-0.4, -0.2) is 30.7 Å². The molecule has 0 saturated carbocycles. The molecule has 1 atom stereocenters. The average molecular weight is 314 g/mol. The second-order valence-corrected chi connectivity index (χ2v) is 5.48. The van der Waals surface area contributed by atoms with Crippen molar-refractivity contribution in [3.63, 3.8) is 0 Å². The zero-order valence-corrected chi connectivity index (χ0v) is 12.7. The summed E-state index contributed by atoms with van der Waals surface area (Å²) in [7, 11) is 0. The third-order valence-electron chi connectivity index (χ3n) is 3.93. The number of carbonyl (C=O) groups is 1. The number of hydrogen-bond acceptors (Lipinski definition) is 2. The van der Waals surface area contributed by atoms with Crippen LogP contribution in [0.15, 0.2) is 54.6 Å². The van der Waals surface area contributed by atoms with E-state index in [0.717, 1.165) is 11.1 Å². The summed E-state index contributed by atoms with van der Waals surface area (Å²) in [5.74, 6) is -0.287. The fraction of sp³-hybridized carbons (Fsp3) is 0.278. The van der Waals surface area contributed by atoms with Gasteiger partial charge in [0.15, 0.2) is 0 Å². The van der Waals surface area contributed by atoms with Crippen LogP contribution in [-0.2, 0) is 11.3 Å². The maximum Gasteiger partial charge on any atom is 0.318 e. The number of morpholine rings is 1. The first-order valence-electron chi connectivity index (χ1n) is 7.65. The molecule has 1 N–H and O–H groups in total. The molecular formula is C18H19FN2O2. The van der Waals surface area contributed by atoms with Crippen molar-refractivity contribution in [2.45, 2.75) is 12.6 Å². The molecule has 2 aromatic carbocycles. The molecule has 3 rings (SSSR count). The van der Waals surface area contributed by atoms with E-state index in [2.05, 4.69) is 5.32 Å². The van der Waals surface area contributed by atoms with Crippen molar-refractivity contribution in [1.29, 1.82) is 0 Å². The summed E-state index contributed by atoms with van der Waals surface area (Å²) in [5.41, 5.74) is 1.92. The van der Waals surface area contributed by atoms with E-state index in [1.165, 1.54) is 12.1 Å². The van der Waals surface area contributed by atoms with Crippen molar-refractivity contribution in [1.82, 2.24) is 10.2 Å². The Kier molecular flexibility index (Phi) is 4.88. The molecule has 2 aromatic rings. The summed E-state index contributed by atoms with van der Waals surface area (Å²) in [5, 5.41) is 2.94. The number of hydrogen-bond donors (Lipinski definition) is 1. The highest BCUT2D eigenvalue weighted by Gasteiger charge is 2.28. The Hall–Kier alpha value is -2.40. The van der Waals surface area contributed by atoms with Gasteiger partial charge < -0.3 is 15.0 Å². The lowest BCUT2D eigenvalue weighted by Crippen LogP contribution is -2.47. The van der Waals surface area contributed by atoms with E-state index in [1.807, 2.05) is 30.3 Å². The van der Waals surface area contributed by atoms with Gasteiger partial charge >= 0.3 is 6.03 Å². The largest absolute Gasteiger partial charge is 0.377 e. The second-order valence-electron chi connectivity index (χ2n) is 5.48. The van der Waals surface area contributed by atoms with Gasteiger partial charge in [0.1, 0.15) is 5.82 Å². The van der Waals surface area contributed by atoms with E-state index in [4.69, 9.17) is 4.74 Å². The highest BCUT2D eigenvalue weighted by molar-refractivity contribution is 5.75. The maximum atomic E-state index is 13.1. The summed E-state index contributed by atoms with van der Waals surface area (Å²) < 4.78 is 18.6. The molecule has 4 nitrogen and oxygen atoms in total. The Morgan fingerprint density at radius 3 is 2.65 bits per heavy atom. The summed E-state index contributed by atoms with van der Waals surface area (Å²) in [4.78, 5) is 14.3. The molecule has 0 spiro atoms. The minimum absolute atomic E-state index is 0.133. The molecule has 1 saturated heterocycles. The van der Waals surface area contributed by atoms with E-state index in [0.29, 0.717) is 26.3 Å². The number of nitrogens with one attached hydrogen (secondary N) is 1. The van der Waals surface area contributed by atoms with E-state index < -0.39 is 0 Å². The number of benzene rings is 2. The number of nitrogens with zero attached hydrogens (tertiary/aromatic N) is 1. The molecule has 120 valence electrons. The van der Waals surface area contributed by atoms with Crippen LogP contribution in [0.4, 0.5) is 9.18 Å². The topological polar surface area (TPSA) is 41.6 Å². The Labute approximate surface area is 134 Å². The van der Waals surface area contributed by atoms with E-state index in [9.17, 15) is 9.18 Å². The lowest BCUT2D eigenvalue weighted by Gasteiger charge is -2.35. The van der Waals surface area contributed by atoms with Gasteiger partial charge in [0.05, 0.1) is 19.3 Å². The van der Waals surface area contributed by atoms with E-state index in [1.54, 1.807) is 17.0 Å². The molecule has 1 unspecified atom stereocenters. The number of halogens is 1. The number of amides is 2. The predicted octanol–water partition coefficient (Wildman–Crippen LogP) is 3.11. The van der Waals surface area contributed by atoms with Crippen molar-refractivity contribution in [3.8, 4) is 0 Å². The minimum Gasteiger partial charge on any atom is -0.377 e. The van der Waals surface area contributed by atoms with Gasteiger partial charge in [-0.05, 0) is 23.3 Å². The van der Waals surface area contributed by atoms with Crippen LogP contribution < -0.4 is 5.32 Å².